The van der Waals surface area contributed by atoms with E-state index in [1.54, 1.807) is 50.3 Å². The van der Waals surface area contributed by atoms with Gasteiger partial charge in [0, 0.05) is 17.5 Å². The molecule has 0 spiro atoms. The maximum absolute atomic E-state index is 12.8. The predicted molar refractivity (Wildman–Crippen MR) is 114 cm³/mol. The Hall–Kier alpha value is -1.87. The van der Waals surface area contributed by atoms with E-state index >= 15 is 0 Å². The van der Waals surface area contributed by atoms with Gasteiger partial charge in [0.15, 0.2) is 5.13 Å². The molecular weight excluding hydrogens is 421 g/mol. The van der Waals surface area contributed by atoms with E-state index in [1.807, 2.05) is 0 Å². The molecule has 0 aliphatic rings. The molecule has 0 unspecified atom stereocenters. The first kappa shape index (κ1) is 22.4. The number of hydrogen-bond acceptors (Lipinski definition) is 6. The number of carbonyl (C=O) groups is 2. The van der Waals surface area contributed by atoms with Crippen molar-refractivity contribution in [3.8, 4) is 0 Å². The number of nitrogens with two attached hydrogens (primary N) is 1. The molecule has 0 aliphatic heterocycles. The number of carbonyl (C=O) groups excluding carboxylic acids is 2. The van der Waals surface area contributed by atoms with Crippen molar-refractivity contribution in [1.82, 2.24) is 20.5 Å². The summed E-state index contributed by atoms with van der Waals surface area (Å²) in [4.78, 5) is 31.8. The molecule has 7 nitrogen and oxygen atoms in total. The van der Waals surface area contributed by atoms with Crippen LogP contribution in [0, 0.1) is 0 Å². The molecule has 0 bridgehead atoms. The van der Waals surface area contributed by atoms with Gasteiger partial charge in [-0.25, -0.2) is 4.98 Å². The SMILES string of the molecule is C[C@@H](C(=O)N[C@@H](Cc1ccc(Cl)c(Cl)c1)C(=O)NCc1cnc(N)s1)N(C)C. The van der Waals surface area contributed by atoms with Gasteiger partial charge in [0.1, 0.15) is 6.04 Å². The number of benzene rings is 1. The normalized spacial score (nSPS) is 13.2. The van der Waals surface area contributed by atoms with Gasteiger partial charge in [-0.2, -0.15) is 0 Å². The highest BCUT2D eigenvalue weighted by atomic mass is 35.5. The van der Waals surface area contributed by atoms with Crippen LogP contribution in [0.1, 0.15) is 17.4 Å². The monoisotopic (exact) mass is 443 g/mol. The Bertz CT molecular complexity index is 843. The molecule has 0 saturated carbocycles. The molecule has 4 N–H and O–H groups in total. The number of thiazole rings is 1. The quantitative estimate of drug-likeness (QED) is 0.580. The van der Waals surface area contributed by atoms with Crippen LogP contribution in [0.15, 0.2) is 24.4 Å². The largest absolute Gasteiger partial charge is 0.375 e. The summed E-state index contributed by atoms with van der Waals surface area (Å²) in [6, 6.07) is 3.98. The standard InChI is InChI=1S/C18H23Cl2N5O2S/c1-10(25(2)3)16(26)24-15(7-11-4-5-13(19)14(20)6-11)17(27)22-8-12-9-23-18(21)28-12/h4-6,9-10,15H,7-8H2,1-3H3,(H2,21,23)(H,22,27)(H,24,26)/t10-,15-/m0/s1. The van der Waals surface area contributed by atoms with Gasteiger partial charge in [-0.05, 0) is 38.7 Å². The molecule has 28 heavy (non-hydrogen) atoms. The number of nitrogens with one attached hydrogen (secondary N) is 2. The molecule has 2 atom stereocenters. The third-order valence-corrected chi connectivity index (χ3v) is 5.78. The highest BCUT2D eigenvalue weighted by molar-refractivity contribution is 7.15. The van der Waals surface area contributed by atoms with Crippen LogP contribution in [0.25, 0.3) is 0 Å². The lowest BCUT2D eigenvalue weighted by atomic mass is 10.0. The van der Waals surface area contributed by atoms with E-state index in [4.69, 9.17) is 28.9 Å². The van der Waals surface area contributed by atoms with E-state index in [2.05, 4.69) is 15.6 Å². The van der Waals surface area contributed by atoms with E-state index in [1.165, 1.54) is 11.3 Å². The second-order valence-electron chi connectivity index (χ2n) is 6.54. The van der Waals surface area contributed by atoms with Crippen molar-refractivity contribution in [1.29, 1.82) is 0 Å². The van der Waals surface area contributed by atoms with Crippen LogP contribution in [-0.2, 0) is 22.6 Å². The summed E-state index contributed by atoms with van der Waals surface area (Å²) in [5.74, 6) is -0.551. The predicted octanol–water partition coefficient (Wildman–Crippen LogP) is 2.33. The van der Waals surface area contributed by atoms with Gasteiger partial charge in [0.05, 0.1) is 22.6 Å². The van der Waals surface area contributed by atoms with Crippen molar-refractivity contribution in [2.45, 2.75) is 32.0 Å². The average Bonchev–Trinajstić information content (AvgIpc) is 3.06. The van der Waals surface area contributed by atoms with Gasteiger partial charge in [-0.1, -0.05) is 29.3 Å². The zero-order valence-corrected chi connectivity index (χ0v) is 18.2. The zero-order chi connectivity index (χ0) is 20.8. The molecule has 1 heterocycles. The van der Waals surface area contributed by atoms with Crippen LogP contribution in [0.5, 0.6) is 0 Å². The summed E-state index contributed by atoms with van der Waals surface area (Å²) in [7, 11) is 3.60. The van der Waals surface area contributed by atoms with Crippen LogP contribution in [-0.4, -0.2) is 47.9 Å². The molecule has 10 heteroatoms. The van der Waals surface area contributed by atoms with Crippen molar-refractivity contribution in [2.75, 3.05) is 19.8 Å². The van der Waals surface area contributed by atoms with Crippen LogP contribution >= 0.6 is 34.5 Å². The molecule has 152 valence electrons. The third kappa shape index (κ3) is 6.34. The van der Waals surface area contributed by atoms with Crippen LogP contribution in [0.2, 0.25) is 10.0 Å². The Morgan fingerprint density at radius 1 is 1.25 bits per heavy atom. The second-order valence-corrected chi connectivity index (χ2v) is 8.50. The molecule has 2 aromatic rings. The van der Waals surface area contributed by atoms with Gasteiger partial charge >= 0.3 is 0 Å². The van der Waals surface area contributed by atoms with Crippen molar-refractivity contribution in [3.63, 3.8) is 0 Å². The highest BCUT2D eigenvalue weighted by Gasteiger charge is 2.25. The Morgan fingerprint density at radius 2 is 1.96 bits per heavy atom. The summed E-state index contributed by atoms with van der Waals surface area (Å²) in [6.07, 6.45) is 1.89. The first-order valence-electron chi connectivity index (χ1n) is 8.56. The zero-order valence-electron chi connectivity index (χ0n) is 15.8. The summed E-state index contributed by atoms with van der Waals surface area (Å²) in [5.41, 5.74) is 6.40. The summed E-state index contributed by atoms with van der Waals surface area (Å²) in [5, 5.41) is 6.90. The van der Waals surface area contributed by atoms with Crippen LogP contribution < -0.4 is 16.4 Å². The Balaban J connectivity index is 2.12. The Morgan fingerprint density at radius 3 is 2.54 bits per heavy atom. The number of amides is 2. The van der Waals surface area contributed by atoms with Gasteiger partial charge in [-0.3, -0.25) is 14.5 Å². The molecule has 0 aliphatic carbocycles. The minimum Gasteiger partial charge on any atom is -0.375 e. The van der Waals surface area contributed by atoms with E-state index < -0.39 is 6.04 Å². The van der Waals surface area contributed by atoms with Gasteiger partial charge in [-0.15, -0.1) is 11.3 Å². The first-order chi connectivity index (χ1) is 13.2. The number of nitrogens with zero attached hydrogens (tertiary/aromatic N) is 2. The number of aromatic nitrogens is 1. The highest BCUT2D eigenvalue weighted by Crippen LogP contribution is 2.23. The first-order valence-corrected chi connectivity index (χ1v) is 10.1. The summed E-state index contributed by atoms with van der Waals surface area (Å²) >= 11 is 13.3. The lowest BCUT2D eigenvalue weighted by Crippen LogP contribution is -2.52. The third-order valence-electron chi connectivity index (χ3n) is 4.22. The van der Waals surface area contributed by atoms with Crippen molar-refractivity contribution in [3.05, 3.63) is 44.9 Å². The molecule has 0 fully saturated rings. The molecule has 1 aromatic heterocycles. The second kappa shape index (κ2) is 10.1. The van der Waals surface area contributed by atoms with E-state index in [9.17, 15) is 9.59 Å². The van der Waals surface area contributed by atoms with Gasteiger partial charge in [0.25, 0.3) is 0 Å². The lowest BCUT2D eigenvalue weighted by Gasteiger charge is -2.24. The molecule has 2 rings (SSSR count). The fraction of sp³-hybridized carbons (Fsp3) is 0.389. The number of nitrogen functional groups attached to an aromatic ring is 1. The van der Waals surface area contributed by atoms with Crippen LogP contribution in [0.4, 0.5) is 5.13 Å². The molecule has 1 aromatic carbocycles. The number of likely N-dealkylation sites (N-methyl/N-ethyl adjacent to an activating group) is 1. The maximum Gasteiger partial charge on any atom is 0.243 e. The molecule has 0 radical (unpaired) electrons. The average molecular weight is 444 g/mol. The molecular formula is C18H23Cl2N5O2S. The topological polar surface area (TPSA) is 100 Å². The Kier molecular flexibility index (Phi) is 8.06. The number of halogens is 2. The number of rotatable bonds is 8. The van der Waals surface area contributed by atoms with Crippen molar-refractivity contribution in [2.24, 2.45) is 0 Å². The van der Waals surface area contributed by atoms with Crippen molar-refractivity contribution >= 4 is 51.5 Å². The van der Waals surface area contributed by atoms with E-state index in [-0.39, 0.29) is 30.8 Å². The fourth-order valence-corrected chi connectivity index (χ4v) is 3.28. The van der Waals surface area contributed by atoms with E-state index in [0.717, 1.165) is 10.4 Å². The van der Waals surface area contributed by atoms with Gasteiger partial charge in [0.2, 0.25) is 11.8 Å². The Labute approximate surface area is 178 Å². The number of hydrogen-bond donors (Lipinski definition) is 3. The summed E-state index contributed by atoms with van der Waals surface area (Å²) in [6.45, 7) is 2.05. The van der Waals surface area contributed by atoms with E-state index in [0.29, 0.717) is 15.2 Å². The minimum absolute atomic E-state index is 0.243. The lowest BCUT2D eigenvalue weighted by molar-refractivity contribution is -0.131. The maximum atomic E-state index is 12.8. The molecule has 2 amide bonds. The molecule has 0 saturated heterocycles. The smallest absolute Gasteiger partial charge is 0.243 e. The van der Waals surface area contributed by atoms with Gasteiger partial charge < -0.3 is 16.4 Å². The van der Waals surface area contributed by atoms with Crippen LogP contribution in [0.3, 0.4) is 0 Å². The summed E-state index contributed by atoms with van der Waals surface area (Å²) < 4.78 is 0. The van der Waals surface area contributed by atoms with Crippen molar-refractivity contribution < 1.29 is 9.59 Å². The minimum atomic E-state index is -0.766. The fourth-order valence-electron chi connectivity index (χ4n) is 2.34. The number of anilines is 1.